The van der Waals surface area contributed by atoms with Crippen molar-refractivity contribution in [1.82, 2.24) is 4.31 Å². The van der Waals surface area contributed by atoms with Crippen LogP contribution in [0.5, 0.6) is 5.75 Å². The van der Waals surface area contributed by atoms with E-state index in [-0.39, 0.29) is 4.90 Å². The molecule has 2 aromatic carbocycles. The van der Waals surface area contributed by atoms with Crippen molar-refractivity contribution < 1.29 is 17.9 Å². The highest BCUT2D eigenvalue weighted by atomic mass is 35.5. The third-order valence-electron chi connectivity index (χ3n) is 5.06. The Bertz CT molecular complexity index is 922. The molecular formula is C21H26ClNO4S. The molecule has 1 unspecified atom stereocenters. The molecule has 0 spiro atoms. The third kappa shape index (κ3) is 4.74. The topological polar surface area (TPSA) is 63.7 Å². The minimum Gasteiger partial charge on any atom is -0.497 e. The number of carbonyl (C=O) groups is 1. The van der Waals surface area contributed by atoms with Crippen LogP contribution < -0.4 is 4.74 Å². The molecule has 0 heterocycles. The first kappa shape index (κ1) is 22.4. The Morgan fingerprint density at radius 2 is 1.64 bits per heavy atom. The summed E-state index contributed by atoms with van der Waals surface area (Å²) in [6, 6.07) is 13.3. The van der Waals surface area contributed by atoms with Crippen molar-refractivity contribution in [2.45, 2.75) is 38.1 Å². The van der Waals surface area contributed by atoms with E-state index >= 15 is 0 Å². The van der Waals surface area contributed by atoms with E-state index in [2.05, 4.69) is 0 Å². The van der Waals surface area contributed by atoms with E-state index < -0.39 is 26.7 Å². The van der Waals surface area contributed by atoms with Gasteiger partial charge in [0.25, 0.3) is 0 Å². The lowest BCUT2D eigenvalue weighted by molar-refractivity contribution is -0.121. The maximum atomic E-state index is 13.2. The molecule has 0 fully saturated rings. The van der Waals surface area contributed by atoms with Crippen LogP contribution >= 0.6 is 11.6 Å². The second kappa shape index (κ2) is 8.64. The smallest absolute Gasteiger partial charge is 0.243 e. The van der Waals surface area contributed by atoms with Gasteiger partial charge < -0.3 is 4.74 Å². The molecule has 0 aromatic heterocycles. The van der Waals surface area contributed by atoms with Gasteiger partial charge in [-0.05, 0) is 54.8 Å². The van der Waals surface area contributed by atoms with E-state index in [1.54, 1.807) is 57.4 Å². The van der Waals surface area contributed by atoms with Crippen LogP contribution in [0, 0.1) is 12.3 Å². The standard InChI is InChI=1S/C21H26ClNO4S/c1-15-6-12-18(13-7-15)28(25,26)23(4)19(21(2,3)20(22)24)14-16-8-10-17(27-5)11-9-16/h6-13,19H,14H2,1-5H3. The average Bonchev–Trinajstić information content (AvgIpc) is 2.66. The molecule has 152 valence electrons. The number of nitrogens with zero attached hydrogens (tertiary/aromatic N) is 1. The summed E-state index contributed by atoms with van der Waals surface area (Å²) in [5, 5.41) is -0.586. The zero-order valence-corrected chi connectivity index (χ0v) is 18.3. The van der Waals surface area contributed by atoms with Crippen LogP contribution in [0.3, 0.4) is 0 Å². The summed E-state index contributed by atoms with van der Waals surface area (Å²) in [5.74, 6) is 0.702. The van der Waals surface area contributed by atoms with Gasteiger partial charge in [0, 0.05) is 13.1 Å². The fourth-order valence-corrected chi connectivity index (χ4v) is 4.61. The van der Waals surface area contributed by atoms with Gasteiger partial charge in [-0.15, -0.1) is 0 Å². The van der Waals surface area contributed by atoms with E-state index in [0.29, 0.717) is 12.2 Å². The number of ether oxygens (including phenoxy) is 1. The Kier molecular flexibility index (Phi) is 6.91. The van der Waals surface area contributed by atoms with E-state index in [4.69, 9.17) is 16.3 Å². The number of likely N-dealkylation sites (N-methyl/N-ethyl adjacent to an activating group) is 1. The zero-order valence-electron chi connectivity index (χ0n) is 16.8. The van der Waals surface area contributed by atoms with Crippen molar-refractivity contribution in [2.24, 2.45) is 5.41 Å². The highest BCUT2D eigenvalue weighted by molar-refractivity contribution is 7.89. The second-order valence-electron chi connectivity index (χ2n) is 7.40. The summed E-state index contributed by atoms with van der Waals surface area (Å²) in [6.45, 7) is 5.22. The molecule has 0 aliphatic rings. The van der Waals surface area contributed by atoms with Crippen molar-refractivity contribution in [1.29, 1.82) is 0 Å². The Labute approximate surface area is 172 Å². The molecule has 0 amide bonds. The Morgan fingerprint density at radius 1 is 1.11 bits per heavy atom. The number of halogens is 1. The largest absolute Gasteiger partial charge is 0.497 e. The summed E-state index contributed by atoms with van der Waals surface area (Å²) in [7, 11) is -0.737. The van der Waals surface area contributed by atoms with E-state index in [1.807, 2.05) is 19.1 Å². The van der Waals surface area contributed by atoms with Gasteiger partial charge in [-0.2, -0.15) is 4.31 Å². The van der Waals surface area contributed by atoms with Gasteiger partial charge in [-0.3, -0.25) is 4.79 Å². The number of hydrogen-bond acceptors (Lipinski definition) is 4. The first-order valence-electron chi connectivity index (χ1n) is 8.87. The molecule has 7 heteroatoms. The molecule has 0 N–H and O–H groups in total. The molecule has 0 saturated heterocycles. The Balaban J connectivity index is 2.45. The molecule has 2 aromatic rings. The van der Waals surface area contributed by atoms with E-state index in [0.717, 1.165) is 11.1 Å². The van der Waals surface area contributed by atoms with E-state index in [1.165, 1.54) is 11.4 Å². The lowest BCUT2D eigenvalue weighted by atomic mass is 9.82. The van der Waals surface area contributed by atoms with Gasteiger partial charge in [-0.1, -0.05) is 43.7 Å². The fraction of sp³-hybridized carbons (Fsp3) is 0.381. The van der Waals surface area contributed by atoms with Gasteiger partial charge in [-0.25, -0.2) is 8.42 Å². The van der Waals surface area contributed by atoms with Crippen LogP contribution in [-0.4, -0.2) is 38.2 Å². The summed E-state index contributed by atoms with van der Waals surface area (Å²) in [4.78, 5) is 12.3. The SMILES string of the molecule is COc1ccc(CC(N(C)S(=O)(=O)c2ccc(C)cc2)C(C)(C)C(=O)Cl)cc1. The molecule has 0 saturated carbocycles. The molecule has 0 radical (unpaired) electrons. The predicted octanol–water partition coefficient (Wildman–Crippen LogP) is 4.03. The first-order chi connectivity index (χ1) is 13.0. The summed E-state index contributed by atoms with van der Waals surface area (Å²) < 4.78 is 32.8. The molecule has 0 bridgehead atoms. The molecular weight excluding hydrogens is 398 g/mol. The number of sulfonamides is 1. The van der Waals surface area contributed by atoms with Crippen LogP contribution in [0.2, 0.25) is 0 Å². The van der Waals surface area contributed by atoms with Crippen LogP contribution in [0.15, 0.2) is 53.4 Å². The van der Waals surface area contributed by atoms with Crippen molar-refractivity contribution >= 4 is 26.9 Å². The number of rotatable bonds is 8. The number of aryl methyl sites for hydroxylation is 1. The lowest BCUT2D eigenvalue weighted by Gasteiger charge is -2.37. The maximum absolute atomic E-state index is 13.2. The summed E-state index contributed by atoms with van der Waals surface area (Å²) in [5.41, 5.74) is 0.754. The molecule has 0 aliphatic heterocycles. The van der Waals surface area contributed by atoms with Gasteiger partial charge in [0.2, 0.25) is 15.3 Å². The van der Waals surface area contributed by atoms with Crippen molar-refractivity contribution in [2.75, 3.05) is 14.2 Å². The normalized spacial score (nSPS) is 13.4. The molecule has 5 nitrogen and oxygen atoms in total. The zero-order chi connectivity index (χ0) is 21.1. The lowest BCUT2D eigenvalue weighted by Crippen LogP contribution is -2.49. The third-order valence-corrected chi connectivity index (χ3v) is 7.43. The maximum Gasteiger partial charge on any atom is 0.243 e. The van der Waals surface area contributed by atoms with Crippen molar-refractivity contribution in [3.8, 4) is 5.75 Å². The van der Waals surface area contributed by atoms with Gasteiger partial charge >= 0.3 is 0 Å². The summed E-state index contributed by atoms with van der Waals surface area (Å²) >= 11 is 5.86. The number of carbonyl (C=O) groups excluding carboxylic acids is 1. The van der Waals surface area contributed by atoms with Crippen molar-refractivity contribution in [3.05, 3.63) is 59.7 Å². The number of benzene rings is 2. The summed E-state index contributed by atoms with van der Waals surface area (Å²) in [6.07, 6.45) is 0.330. The predicted molar refractivity (Wildman–Crippen MR) is 111 cm³/mol. The van der Waals surface area contributed by atoms with Gasteiger partial charge in [0.1, 0.15) is 5.75 Å². The fourth-order valence-electron chi connectivity index (χ4n) is 3.00. The van der Waals surface area contributed by atoms with E-state index in [9.17, 15) is 13.2 Å². The van der Waals surface area contributed by atoms with Gasteiger partial charge in [0.15, 0.2) is 0 Å². The monoisotopic (exact) mass is 423 g/mol. The van der Waals surface area contributed by atoms with Crippen LogP contribution in [0.1, 0.15) is 25.0 Å². The van der Waals surface area contributed by atoms with Crippen LogP contribution in [-0.2, 0) is 21.2 Å². The Morgan fingerprint density at radius 3 is 2.11 bits per heavy atom. The van der Waals surface area contributed by atoms with Gasteiger partial charge in [0.05, 0.1) is 17.4 Å². The highest BCUT2D eigenvalue weighted by Gasteiger charge is 2.42. The molecule has 1 atom stereocenters. The Hall–Kier alpha value is -1.89. The van der Waals surface area contributed by atoms with Crippen LogP contribution in [0.4, 0.5) is 0 Å². The van der Waals surface area contributed by atoms with Crippen LogP contribution in [0.25, 0.3) is 0 Å². The minimum absolute atomic E-state index is 0.179. The quantitative estimate of drug-likeness (QED) is 0.601. The minimum atomic E-state index is -3.81. The molecule has 0 aliphatic carbocycles. The molecule has 28 heavy (non-hydrogen) atoms. The highest BCUT2D eigenvalue weighted by Crippen LogP contribution is 2.33. The second-order valence-corrected chi connectivity index (χ2v) is 9.74. The number of methoxy groups -OCH3 is 1. The average molecular weight is 424 g/mol. The first-order valence-corrected chi connectivity index (χ1v) is 10.7. The molecule has 2 rings (SSSR count). The van der Waals surface area contributed by atoms with Crippen molar-refractivity contribution in [3.63, 3.8) is 0 Å². The number of hydrogen-bond donors (Lipinski definition) is 0.